The molecule has 3 rings (SSSR count). The van der Waals surface area contributed by atoms with E-state index in [9.17, 15) is 0 Å². The van der Waals surface area contributed by atoms with Crippen LogP contribution in [0.5, 0.6) is 0 Å². The molecule has 1 N–H and O–H groups in total. The third kappa shape index (κ3) is 2.39. The summed E-state index contributed by atoms with van der Waals surface area (Å²) in [7, 11) is 0. The van der Waals surface area contributed by atoms with Gasteiger partial charge >= 0.3 is 0 Å². The van der Waals surface area contributed by atoms with E-state index in [-0.39, 0.29) is 0 Å². The highest BCUT2D eigenvalue weighted by atomic mass is 15.1. The quantitative estimate of drug-likeness (QED) is 0.870. The van der Waals surface area contributed by atoms with Gasteiger partial charge in [-0.05, 0) is 44.4 Å². The highest BCUT2D eigenvalue weighted by Gasteiger charge is 2.31. The summed E-state index contributed by atoms with van der Waals surface area (Å²) in [6.07, 6.45) is 14.1. The molecule has 94 valence electrons. The Kier molecular flexibility index (Phi) is 3.19. The molecule has 3 nitrogen and oxygen atoms in total. The summed E-state index contributed by atoms with van der Waals surface area (Å²) in [6.45, 7) is 2.38. The topological polar surface area (TPSA) is 29.9 Å². The largest absolute Gasteiger partial charge is 0.333 e. The molecule has 1 aromatic rings. The molecule has 2 aliphatic rings. The Labute approximate surface area is 104 Å². The minimum absolute atomic E-state index is 0.633. The smallest absolute Gasteiger partial charge is 0.0949 e. The minimum Gasteiger partial charge on any atom is -0.333 e. The average molecular weight is 233 g/mol. The van der Waals surface area contributed by atoms with Gasteiger partial charge in [-0.3, -0.25) is 0 Å². The molecule has 0 saturated heterocycles. The molecule has 4 unspecified atom stereocenters. The van der Waals surface area contributed by atoms with Gasteiger partial charge in [-0.25, -0.2) is 4.98 Å². The molecular weight excluding hydrogens is 210 g/mol. The number of hydrogen-bond acceptors (Lipinski definition) is 2. The van der Waals surface area contributed by atoms with Crippen molar-refractivity contribution in [2.24, 2.45) is 5.92 Å². The summed E-state index contributed by atoms with van der Waals surface area (Å²) in [4.78, 5) is 4.18. The first-order chi connectivity index (χ1) is 8.33. The SMILES string of the molecule is CC1CCC(NC2CCCC2n2ccnc2)C1. The lowest BCUT2D eigenvalue weighted by Crippen LogP contribution is -2.39. The van der Waals surface area contributed by atoms with Crippen LogP contribution in [0.4, 0.5) is 0 Å². The van der Waals surface area contributed by atoms with Gasteiger partial charge < -0.3 is 9.88 Å². The molecule has 0 bridgehead atoms. The molecular formula is C14H23N3. The van der Waals surface area contributed by atoms with Crippen LogP contribution in [0, 0.1) is 5.92 Å². The average Bonchev–Trinajstić information content (AvgIpc) is 3.00. The lowest BCUT2D eigenvalue weighted by molar-refractivity contribution is 0.348. The zero-order valence-corrected chi connectivity index (χ0v) is 10.7. The van der Waals surface area contributed by atoms with Crippen molar-refractivity contribution >= 4 is 0 Å². The number of imidazole rings is 1. The fraction of sp³-hybridized carbons (Fsp3) is 0.786. The summed E-state index contributed by atoms with van der Waals surface area (Å²) in [5.41, 5.74) is 0. The van der Waals surface area contributed by atoms with Crippen LogP contribution < -0.4 is 5.32 Å². The third-order valence-corrected chi connectivity index (χ3v) is 4.53. The van der Waals surface area contributed by atoms with E-state index in [1.165, 1.54) is 38.5 Å². The zero-order chi connectivity index (χ0) is 11.7. The van der Waals surface area contributed by atoms with E-state index in [1.54, 1.807) is 0 Å². The number of rotatable bonds is 3. The summed E-state index contributed by atoms with van der Waals surface area (Å²) in [5.74, 6) is 0.917. The Balaban J connectivity index is 1.62. The van der Waals surface area contributed by atoms with Gasteiger partial charge in [0.15, 0.2) is 0 Å². The fourth-order valence-corrected chi connectivity index (χ4v) is 3.62. The van der Waals surface area contributed by atoms with Gasteiger partial charge in [0.05, 0.1) is 6.33 Å². The Hall–Kier alpha value is -0.830. The predicted octanol–water partition coefficient (Wildman–Crippen LogP) is 2.75. The van der Waals surface area contributed by atoms with Crippen molar-refractivity contribution in [2.75, 3.05) is 0 Å². The first kappa shape index (κ1) is 11.3. The van der Waals surface area contributed by atoms with Gasteiger partial charge in [-0.15, -0.1) is 0 Å². The molecule has 0 aromatic carbocycles. The van der Waals surface area contributed by atoms with Crippen LogP contribution in [0.25, 0.3) is 0 Å². The van der Waals surface area contributed by atoms with Crippen LogP contribution in [0.15, 0.2) is 18.7 Å². The van der Waals surface area contributed by atoms with E-state index < -0.39 is 0 Å². The second-order valence-corrected chi connectivity index (χ2v) is 5.90. The van der Waals surface area contributed by atoms with E-state index in [2.05, 4.69) is 28.0 Å². The Bertz CT molecular complexity index is 346. The first-order valence-electron chi connectivity index (χ1n) is 7.06. The maximum atomic E-state index is 4.18. The van der Waals surface area contributed by atoms with Crippen molar-refractivity contribution in [3.05, 3.63) is 18.7 Å². The predicted molar refractivity (Wildman–Crippen MR) is 68.8 cm³/mol. The second-order valence-electron chi connectivity index (χ2n) is 5.90. The Morgan fingerprint density at radius 2 is 2.18 bits per heavy atom. The lowest BCUT2D eigenvalue weighted by atomic mass is 10.1. The van der Waals surface area contributed by atoms with E-state index in [0.29, 0.717) is 12.1 Å². The van der Waals surface area contributed by atoms with E-state index in [4.69, 9.17) is 0 Å². The minimum atomic E-state index is 0.633. The summed E-state index contributed by atoms with van der Waals surface area (Å²) >= 11 is 0. The van der Waals surface area contributed by atoms with Crippen molar-refractivity contribution in [3.63, 3.8) is 0 Å². The maximum absolute atomic E-state index is 4.18. The monoisotopic (exact) mass is 233 g/mol. The normalized spacial score (nSPS) is 37.7. The van der Waals surface area contributed by atoms with Crippen molar-refractivity contribution < 1.29 is 0 Å². The molecule has 1 aromatic heterocycles. The first-order valence-corrected chi connectivity index (χ1v) is 7.06. The maximum Gasteiger partial charge on any atom is 0.0949 e. The fourth-order valence-electron chi connectivity index (χ4n) is 3.62. The van der Waals surface area contributed by atoms with Crippen LogP contribution in [0.3, 0.4) is 0 Å². The highest BCUT2D eigenvalue weighted by molar-refractivity contribution is 4.94. The van der Waals surface area contributed by atoms with Gasteiger partial charge in [0.25, 0.3) is 0 Å². The Morgan fingerprint density at radius 1 is 1.24 bits per heavy atom. The zero-order valence-electron chi connectivity index (χ0n) is 10.7. The third-order valence-electron chi connectivity index (χ3n) is 4.53. The van der Waals surface area contributed by atoms with Crippen LogP contribution in [0.1, 0.15) is 51.5 Å². The number of aromatic nitrogens is 2. The van der Waals surface area contributed by atoms with E-state index in [1.807, 2.05) is 12.5 Å². The molecule has 2 fully saturated rings. The van der Waals surface area contributed by atoms with Gasteiger partial charge in [-0.2, -0.15) is 0 Å². The van der Waals surface area contributed by atoms with Crippen molar-refractivity contribution in [1.29, 1.82) is 0 Å². The molecule has 4 atom stereocenters. The van der Waals surface area contributed by atoms with Gasteiger partial charge in [0.1, 0.15) is 0 Å². The van der Waals surface area contributed by atoms with E-state index >= 15 is 0 Å². The van der Waals surface area contributed by atoms with Crippen LogP contribution >= 0.6 is 0 Å². The number of nitrogens with zero attached hydrogens (tertiary/aromatic N) is 2. The molecule has 3 heteroatoms. The summed E-state index contributed by atoms with van der Waals surface area (Å²) < 4.78 is 2.29. The Morgan fingerprint density at radius 3 is 2.88 bits per heavy atom. The molecule has 0 aliphatic heterocycles. The lowest BCUT2D eigenvalue weighted by Gasteiger charge is -2.25. The molecule has 0 amide bonds. The molecule has 0 spiro atoms. The molecule has 0 radical (unpaired) electrons. The van der Waals surface area contributed by atoms with Gasteiger partial charge in [0, 0.05) is 30.5 Å². The van der Waals surface area contributed by atoms with Crippen molar-refractivity contribution in [1.82, 2.24) is 14.9 Å². The highest BCUT2D eigenvalue weighted by Crippen LogP contribution is 2.32. The standard InChI is InChI=1S/C14H23N3/c1-11-5-6-12(9-11)16-13-3-2-4-14(13)17-8-7-15-10-17/h7-8,10-14,16H,2-6,9H2,1H3. The molecule has 2 saturated carbocycles. The van der Waals surface area contributed by atoms with Crippen LogP contribution in [-0.2, 0) is 0 Å². The van der Waals surface area contributed by atoms with Crippen molar-refractivity contribution in [3.8, 4) is 0 Å². The second kappa shape index (κ2) is 4.81. The van der Waals surface area contributed by atoms with Gasteiger partial charge in [-0.1, -0.05) is 6.92 Å². The summed E-state index contributed by atoms with van der Waals surface area (Å²) in [6, 6.07) is 2.06. The number of hydrogen-bond donors (Lipinski definition) is 1. The molecule has 2 aliphatic carbocycles. The van der Waals surface area contributed by atoms with Crippen LogP contribution in [0.2, 0.25) is 0 Å². The molecule has 1 heterocycles. The van der Waals surface area contributed by atoms with Crippen molar-refractivity contribution in [2.45, 2.75) is 63.6 Å². The van der Waals surface area contributed by atoms with E-state index in [0.717, 1.165) is 12.0 Å². The summed E-state index contributed by atoms with van der Waals surface area (Å²) in [5, 5.41) is 3.90. The van der Waals surface area contributed by atoms with Gasteiger partial charge in [0.2, 0.25) is 0 Å². The number of nitrogens with one attached hydrogen (secondary N) is 1. The van der Waals surface area contributed by atoms with Crippen LogP contribution in [-0.4, -0.2) is 21.6 Å². The molecule has 17 heavy (non-hydrogen) atoms.